The summed E-state index contributed by atoms with van der Waals surface area (Å²) in [4.78, 5) is 81.4. The second kappa shape index (κ2) is 15.2. The Morgan fingerprint density at radius 1 is 0.930 bits per heavy atom. The van der Waals surface area contributed by atoms with Crippen LogP contribution < -0.4 is 26.1 Å². The molecule has 57 heavy (non-hydrogen) atoms. The summed E-state index contributed by atoms with van der Waals surface area (Å²) in [7, 11) is 1.74. The summed E-state index contributed by atoms with van der Waals surface area (Å²) in [6.07, 6.45) is 4.10. The molecule has 0 saturated carbocycles. The zero-order chi connectivity index (χ0) is 40.2. The van der Waals surface area contributed by atoms with Crippen LogP contribution in [0, 0.1) is 5.92 Å². The Morgan fingerprint density at radius 2 is 1.68 bits per heavy atom. The van der Waals surface area contributed by atoms with Gasteiger partial charge in [-0.25, -0.2) is 9.78 Å². The molecule has 16 nitrogen and oxygen atoms in total. The molecule has 0 bridgehead atoms. The number of piperazine rings is 1. The molecule has 3 saturated heterocycles. The normalized spacial score (nSPS) is 19.8. The highest BCUT2D eigenvalue weighted by Crippen LogP contribution is 2.36. The molecule has 4 aliphatic heterocycles. The molecule has 3 fully saturated rings. The molecule has 8 rings (SSSR count). The van der Waals surface area contributed by atoms with Crippen molar-refractivity contribution in [2.24, 2.45) is 13.0 Å². The molecule has 4 aromatic rings. The first-order valence-electron chi connectivity index (χ1n) is 19.5. The fraction of sp³-hybridized carbons (Fsp3) is 0.475. The summed E-state index contributed by atoms with van der Waals surface area (Å²) in [5.74, 6) is -0.461. The Morgan fingerprint density at radius 3 is 2.40 bits per heavy atom. The van der Waals surface area contributed by atoms with Crippen molar-refractivity contribution in [3.63, 3.8) is 0 Å². The molecular weight excluding hydrogens is 752 g/mol. The minimum atomic E-state index is -0.991. The minimum Gasteiger partial charge on any atom is -0.390 e. The number of nitrogens with one attached hydrogen (secondary N) is 2. The van der Waals surface area contributed by atoms with Gasteiger partial charge in [0.05, 0.1) is 39.6 Å². The van der Waals surface area contributed by atoms with Crippen molar-refractivity contribution in [2.45, 2.75) is 64.1 Å². The number of anilines is 4. The van der Waals surface area contributed by atoms with Crippen molar-refractivity contribution in [2.75, 3.05) is 60.9 Å². The van der Waals surface area contributed by atoms with E-state index >= 15 is 0 Å². The van der Waals surface area contributed by atoms with E-state index in [0.29, 0.717) is 52.5 Å². The van der Waals surface area contributed by atoms with Crippen molar-refractivity contribution >= 4 is 69.4 Å². The van der Waals surface area contributed by atoms with Gasteiger partial charge < -0.3 is 20.2 Å². The molecule has 3 N–H and O–H groups in total. The maximum absolute atomic E-state index is 13.6. The van der Waals surface area contributed by atoms with Gasteiger partial charge >= 0.3 is 5.69 Å². The maximum Gasteiger partial charge on any atom is 0.328 e. The van der Waals surface area contributed by atoms with E-state index < -0.39 is 35.3 Å². The van der Waals surface area contributed by atoms with Crippen LogP contribution in [0.3, 0.4) is 0 Å². The zero-order valence-electron chi connectivity index (χ0n) is 32.3. The van der Waals surface area contributed by atoms with Crippen LogP contribution in [0.15, 0.2) is 47.4 Å². The van der Waals surface area contributed by atoms with Crippen molar-refractivity contribution in [1.82, 2.24) is 34.2 Å². The van der Waals surface area contributed by atoms with E-state index in [4.69, 9.17) is 16.6 Å². The Hall–Kier alpha value is -5.32. The lowest BCUT2D eigenvalue weighted by Crippen LogP contribution is -2.54. The lowest BCUT2D eigenvalue weighted by atomic mass is 9.94. The largest absolute Gasteiger partial charge is 0.390 e. The van der Waals surface area contributed by atoms with Gasteiger partial charge in [0.15, 0.2) is 5.82 Å². The van der Waals surface area contributed by atoms with E-state index in [1.54, 1.807) is 48.4 Å². The molecule has 4 amide bonds. The molecule has 0 spiro atoms. The first kappa shape index (κ1) is 38.5. The van der Waals surface area contributed by atoms with Crippen molar-refractivity contribution in [3.05, 3.63) is 69.2 Å². The van der Waals surface area contributed by atoms with Crippen LogP contribution in [0.1, 0.15) is 66.7 Å². The molecule has 2 aromatic carbocycles. The highest BCUT2D eigenvalue weighted by molar-refractivity contribution is 6.33. The fourth-order valence-corrected chi connectivity index (χ4v) is 8.58. The zero-order valence-corrected chi connectivity index (χ0v) is 33.1. The number of benzene rings is 2. The van der Waals surface area contributed by atoms with E-state index in [2.05, 4.69) is 30.3 Å². The van der Waals surface area contributed by atoms with Crippen LogP contribution in [0.2, 0.25) is 5.02 Å². The lowest BCUT2D eigenvalue weighted by Gasteiger charge is -2.39. The third-order valence-electron chi connectivity index (χ3n) is 11.7. The van der Waals surface area contributed by atoms with Crippen LogP contribution in [-0.2, 0) is 23.2 Å². The number of carbonyl (C=O) groups excluding carboxylic acids is 4. The van der Waals surface area contributed by atoms with Crippen LogP contribution in [0.25, 0.3) is 11.0 Å². The third kappa shape index (κ3) is 7.60. The fourth-order valence-electron chi connectivity index (χ4n) is 8.44. The SMILES string of the molecule is Cn1c(=O)n(CCC(C)(C)O)c2cc(Nc3nc(N4CCN(CC5CCN(c6cccc7c6C(=O)N(C6CCC(=O)NC6=O)C7=O)CC5)CC4)ncc3Cl)ccc21. The lowest BCUT2D eigenvalue weighted by molar-refractivity contribution is -0.136. The number of aryl methyl sites for hydroxylation is 2. The molecule has 1 atom stereocenters. The number of aromatic nitrogens is 4. The number of carbonyl (C=O) groups is 4. The van der Waals surface area contributed by atoms with Gasteiger partial charge in [-0.2, -0.15) is 4.98 Å². The van der Waals surface area contributed by atoms with Crippen LogP contribution in [-0.4, -0.2) is 115 Å². The van der Waals surface area contributed by atoms with Gasteiger partial charge in [0.2, 0.25) is 17.8 Å². The number of imidazole rings is 1. The van der Waals surface area contributed by atoms with Crippen molar-refractivity contribution in [3.8, 4) is 0 Å². The highest BCUT2D eigenvalue weighted by atomic mass is 35.5. The molecular formula is C40H47ClN10O6. The Balaban J connectivity index is 0.863. The number of hydrogen-bond donors (Lipinski definition) is 3. The summed E-state index contributed by atoms with van der Waals surface area (Å²) >= 11 is 6.57. The summed E-state index contributed by atoms with van der Waals surface area (Å²) in [5.41, 5.74) is 2.56. The molecule has 4 aliphatic rings. The van der Waals surface area contributed by atoms with Crippen LogP contribution >= 0.6 is 11.6 Å². The number of piperidine rings is 2. The van der Waals surface area contributed by atoms with E-state index in [1.807, 2.05) is 24.3 Å². The van der Waals surface area contributed by atoms with E-state index in [1.165, 1.54) is 0 Å². The predicted molar refractivity (Wildman–Crippen MR) is 215 cm³/mol. The van der Waals surface area contributed by atoms with Gasteiger partial charge in [-0.05, 0) is 75.8 Å². The van der Waals surface area contributed by atoms with E-state index in [0.717, 1.165) is 80.3 Å². The highest BCUT2D eigenvalue weighted by Gasteiger charge is 2.46. The first-order valence-corrected chi connectivity index (χ1v) is 19.9. The smallest absolute Gasteiger partial charge is 0.328 e. The van der Waals surface area contributed by atoms with Gasteiger partial charge in [0.1, 0.15) is 11.1 Å². The first-order chi connectivity index (χ1) is 27.3. The van der Waals surface area contributed by atoms with Crippen LogP contribution in [0.4, 0.5) is 23.1 Å². The number of imide groups is 2. The minimum absolute atomic E-state index is 0.0822. The van der Waals surface area contributed by atoms with Gasteiger partial charge in [-0.1, -0.05) is 17.7 Å². The average Bonchev–Trinajstić information content (AvgIpc) is 3.58. The van der Waals surface area contributed by atoms with Crippen LogP contribution in [0.5, 0.6) is 0 Å². The van der Waals surface area contributed by atoms with Gasteiger partial charge in [-0.3, -0.25) is 43.4 Å². The molecule has 0 radical (unpaired) electrons. The summed E-state index contributed by atoms with van der Waals surface area (Å²) in [5, 5.41) is 16.2. The number of aliphatic hydroxyl groups is 1. The molecule has 6 heterocycles. The molecule has 0 aliphatic carbocycles. The van der Waals surface area contributed by atoms with E-state index in [9.17, 15) is 29.1 Å². The van der Waals surface area contributed by atoms with Gasteiger partial charge in [0.25, 0.3) is 11.8 Å². The number of rotatable bonds is 10. The van der Waals surface area contributed by atoms with Gasteiger partial charge in [-0.15, -0.1) is 0 Å². The molecule has 1 unspecified atom stereocenters. The molecule has 2 aromatic heterocycles. The number of halogens is 1. The Bertz CT molecular complexity index is 2320. The standard InChI is InChI=1S/C40H47ClN10O6/c1-40(2,57)13-16-50-31-21-25(7-8-28(31)46(3)39(50)56)43-34-27(41)22-42-38(45-34)49-19-17-47(18-20-49)23-24-11-14-48(15-12-24)29-6-4-5-26-33(29)37(55)51(36(26)54)30-9-10-32(52)44-35(30)53/h4-8,21-22,24,30,57H,9-20,23H2,1-3H3,(H,42,43,45)(H,44,52,53). The molecule has 17 heteroatoms. The topological polar surface area (TPSA) is 178 Å². The second-order valence-corrected chi connectivity index (χ2v) is 16.5. The number of hydrogen-bond acceptors (Lipinski definition) is 12. The average molecular weight is 799 g/mol. The summed E-state index contributed by atoms with van der Waals surface area (Å²) in [6, 6.07) is 9.96. The number of amides is 4. The third-order valence-corrected chi connectivity index (χ3v) is 11.9. The Labute approximate surface area is 334 Å². The summed E-state index contributed by atoms with van der Waals surface area (Å²) < 4.78 is 3.28. The predicted octanol–water partition coefficient (Wildman–Crippen LogP) is 3.13. The monoisotopic (exact) mass is 798 g/mol. The van der Waals surface area contributed by atoms with E-state index in [-0.39, 0.29) is 18.5 Å². The number of fused-ring (bicyclic) bond motifs is 2. The van der Waals surface area contributed by atoms with Gasteiger partial charge in [0, 0.05) is 71.5 Å². The van der Waals surface area contributed by atoms with Crippen molar-refractivity contribution < 1.29 is 24.3 Å². The van der Waals surface area contributed by atoms with Crippen molar-refractivity contribution in [1.29, 1.82) is 0 Å². The Kier molecular flexibility index (Phi) is 10.3. The molecule has 300 valence electrons. The second-order valence-electron chi connectivity index (χ2n) is 16.1. The quantitative estimate of drug-likeness (QED) is 0.200. The maximum atomic E-state index is 13.6. The number of nitrogens with zero attached hydrogens (tertiary/aromatic N) is 8. The summed E-state index contributed by atoms with van der Waals surface area (Å²) in [6.45, 7) is 9.46.